The van der Waals surface area contributed by atoms with E-state index in [0.29, 0.717) is 25.8 Å². The minimum Gasteiger partial charge on any atom is -0.444 e. The minimum absolute atomic E-state index is 0.0828. The van der Waals surface area contributed by atoms with Gasteiger partial charge in [0.2, 0.25) is 5.91 Å². The standard InChI is InChI=1S/C21H30F2N2O3/c1-20(2,3)28-19(27)24-13-7-10-17(26)25-14-21(11-4-5-12-21)18-15(22)8-6-9-16(18)23/h6,8-9H,4-5,7,10-14H2,1-3H3,(H,24,27)(H,25,26). The van der Waals surface area contributed by atoms with Gasteiger partial charge in [0.1, 0.15) is 17.2 Å². The van der Waals surface area contributed by atoms with Gasteiger partial charge in [-0.2, -0.15) is 0 Å². The molecule has 0 saturated heterocycles. The molecule has 7 heteroatoms. The lowest BCUT2D eigenvalue weighted by Gasteiger charge is -2.30. The summed E-state index contributed by atoms with van der Waals surface area (Å²) in [6.45, 7) is 5.85. The summed E-state index contributed by atoms with van der Waals surface area (Å²) in [5.74, 6) is -1.32. The van der Waals surface area contributed by atoms with Crippen molar-refractivity contribution < 1.29 is 23.1 Å². The predicted molar refractivity (Wildman–Crippen MR) is 103 cm³/mol. The number of ether oxygens (including phenoxy) is 1. The molecule has 0 spiro atoms. The molecule has 1 aromatic carbocycles. The van der Waals surface area contributed by atoms with E-state index in [1.165, 1.54) is 18.2 Å². The van der Waals surface area contributed by atoms with Crippen LogP contribution in [0.25, 0.3) is 0 Å². The number of nitrogens with one attached hydrogen (secondary N) is 2. The van der Waals surface area contributed by atoms with Gasteiger partial charge in [-0.1, -0.05) is 18.9 Å². The fraction of sp³-hybridized carbons (Fsp3) is 0.619. The van der Waals surface area contributed by atoms with Crippen LogP contribution in [0.4, 0.5) is 13.6 Å². The van der Waals surface area contributed by atoms with Crippen molar-refractivity contribution in [3.63, 3.8) is 0 Å². The van der Waals surface area contributed by atoms with Crippen molar-refractivity contribution in [2.24, 2.45) is 0 Å². The summed E-state index contributed by atoms with van der Waals surface area (Å²) in [7, 11) is 0. The van der Waals surface area contributed by atoms with Gasteiger partial charge in [0, 0.05) is 30.5 Å². The molecule has 5 nitrogen and oxygen atoms in total. The normalized spacial score (nSPS) is 15.9. The Kier molecular flexibility index (Phi) is 7.38. The SMILES string of the molecule is CC(C)(C)OC(=O)NCCCC(=O)NCC1(c2c(F)cccc2F)CCCC1. The van der Waals surface area contributed by atoms with Crippen molar-refractivity contribution in [1.29, 1.82) is 0 Å². The summed E-state index contributed by atoms with van der Waals surface area (Å²) >= 11 is 0. The monoisotopic (exact) mass is 396 g/mol. The van der Waals surface area contributed by atoms with Crippen molar-refractivity contribution >= 4 is 12.0 Å². The average molecular weight is 396 g/mol. The molecule has 1 aromatic rings. The smallest absolute Gasteiger partial charge is 0.407 e. The average Bonchev–Trinajstić information content (AvgIpc) is 3.05. The lowest BCUT2D eigenvalue weighted by atomic mass is 9.78. The van der Waals surface area contributed by atoms with E-state index in [-0.39, 0.29) is 24.4 Å². The van der Waals surface area contributed by atoms with Crippen LogP contribution in [0.3, 0.4) is 0 Å². The molecule has 1 aliphatic rings. The van der Waals surface area contributed by atoms with Gasteiger partial charge in [0.05, 0.1) is 0 Å². The van der Waals surface area contributed by atoms with Crippen LogP contribution in [0.5, 0.6) is 0 Å². The number of benzene rings is 1. The van der Waals surface area contributed by atoms with Gasteiger partial charge >= 0.3 is 6.09 Å². The zero-order valence-electron chi connectivity index (χ0n) is 16.9. The summed E-state index contributed by atoms with van der Waals surface area (Å²) in [6, 6.07) is 3.89. The first-order valence-electron chi connectivity index (χ1n) is 9.81. The maximum Gasteiger partial charge on any atom is 0.407 e. The van der Waals surface area contributed by atoms with Gasteiger partial charge in [-0.25, -0.2) is 13.6 Å². The first kappa shape index (κ1) is 22.1. The second-order valence-electron chi connectivity index (χ2n) is 8.39. The third-order valence-corrected chi connectivity index (χ3v) is 4.93. The van der Waals surface area contributed by atoms with Crippen molar-refractivity contribution in [2.45, 2.75) is 70.3 Å². The van der Waals surface area contributed by atoms with E-state index in [1.54, 1.807) is 20.8 Å². The fourth-order valence-corrected chi connectivity index (χ4v) is 3.68. The molecule has 0 radical (unpaired) electrons. The lowest BCUT2D eigenvalue weighted by Crippen LogP contribution is -2.40. The van der Waals surface area contributed by atoms with Crippen molar-refractivity contribution in [1.82, 2.24) is 10.6 Å². The largest absolute Gasteiger partial charge is 0.444 e. The molecule has 0 bridgehead atoms. The molecule has 1 saturated carbocycles. The number of alkyl carbamates (subject to hydrolysis) is 1. The van der Waals surface area contributed by atoms with Crippen molar-refractivity contribution in [2.75, 3.05) is 13.1 Å². The van der Waals surface area contributed by atoms with Crippen molar-refractivity contribution in [3.8, 4) is 0 Å². The Bertz CT molecular complexity index is 675. The minimum atomic E-state index is -0.695. The van der Waals surface area contributed by atoms with Gasteiger partial charge in [-0.05, 0) is 52.2 Å². The lowest BCUT2D eigenvalue weighted by molar-refractivity contribution is -0.121. The highest BCUT2D eigenvalue weighted by atomic mass is 19.1. The van der Waals surface area contributed by atoms with Crippen LogP contribution in [0.2, 0.25) is 0 Å². The molecule has 0 heterocycles. The Morgan fingerprint density at radius 2 is 1.71 bits per heavy atom. The number of halogens is 2. The van der Waals surface area contributed by atoms with Crippen LogP contribution in [0.15, 0.2) is 18.2 Å². The van der Waals surface area contributed by atoms with Gasteiger partial charge in [-0.3, -0.25) is 4.79 Å². The van der Waals surface area contributed by atoms with E-state index in [2.05, 4.69) is 10.6 Å². The molecule has 0 aliphatic heterocycles. The van der Waals surface area contributed by atoms with Crippen LogP contribution in [0, 0.1) is 11.6 Å². The maximum atomic E-state index is 14.3. The van der Waals surface area contributed by atoms with Crippen LogP contribution < -0.4 is 10.6 Å². The number of hydrogen-bond acceptors (Lipinski definition) is 3. The number of hydrogen-bond donors (Lipinski definition) is 2. The van der Waals surface area contributed by atoms with Crippen LogP contribution in [-0.2, 0) is 14.9 Å². The zero-order chi connectivity index (χ0) is 20.8. The van der Waals surface area contributed by atoms with Crippen LogP contribution in [0.1, 0.15) is 64.9 Å². The molecule has 0 unspecified atom stereocenters. The Balaban J connectivity index is 1.83. The van der Waals surface area contributed by atoms with E-state index >= 15 is 0 Å². The molecule has 28 heavy (non-hydrogen) atoms. The van der Waals surface area contributed by atoms with E-state index in [9.17, 15) is 18.4 Å². The Morgan fingerprint density at radius 1 is 1.11 bits per heavy atom. The highest BCUT2D eigenvalue weighted by Gasteiger charge is 2.40. The van der Waals surface area contributed by atoms with Crippen LogP contribution >= 0.6 is 0 Å². The Labute approximate surface area is 165 Å². The fourth-order valence-electron chi connectivity index (χ4n) is 3.68. The van der Waals surface area contributed by atoms with E-state index < -0.39 is 28.7 Å². The van der Waals surface area contributed by atoms with E-state index in [1.807, 2.05) is 0 Å². The highest BCUT2D eigenvalue weighted by Crippen LogP contribution is 2.42. The summed E-state index contributed by atoms with van der Waals surface area (Å²) in [5.41, 5.74) is -1.18. The predicted octanol–water partition coefficient (Wildman–Crippen LogP) is 4.20. The number of carbonyl (C=O) groups is 2. The molecular weight excluding hydrogens is 366 g/mol. The second kappa shape index (κ2) is 9.34. The molecule has 2 N–H and O–H groups in total. The van der Waals surface area contributed by atoms with E-state index in [0.717, 1.165) is 12.8 Å². The Morgan fingerprint density at radius 3 is 2.29 bits per heavy atom. The molecule has 2 amide bonds. The molecule has 1 fully saturated rings. The number of amides is 2. The summed E-state index contributed by atoms with van der Waals surface area (Å²) in [5, 5.41) is 5.43. The number of carbonyl (C=O) groups excluding carboxylic acids is 2. The maximum absolute atomic E-state index is 14.3. The molecule has 1 aliphatic carbocycles. The highest BCUT2D eigenvalue weighted by molar-refractivity contribution is 5.76. The van der Waals surface area contributed by atoms with Gasteiger partial charge in [-0.15, -0.1) is 0 Å². The summed E-state index contributed by atoms with van der Waals surface area (Å²) < 4.78 is 33.7. The molecular formula is C21H30F2N2O3. The molecule has 0 atom stereocenters. The first-order valence-corrected chi connectivity index (χ1v) is 9.81. The number of rotatable bonds is 7. The molecule has 156 valence electrons. The van der Waals surface area contributed by atoms with Crippen LogP contribution in [-0.4, -0.2) is 30.7 Å². The zero-order valence-corrected chi connectivity index (χ0v) is 16.9. The topological polar surface area (TPSA) is 67.4 Å². The quantitative estimate of drug-likeness (QED) is 0.679. The van der Waals surface area contributed by atoms with Crippen molar-refractivity contribution in [3.05, 3.63) is 35.4 Å². The van der Waals surface area contributed by atoms with Gasteiger partial charge in [0.15, 0.2) is 0 Å². The third-order valence-electron chi connectivity index (χ3n) is 4.93. The third kappa shape index (κ3) is 6.17. The Hall–Kier alpha value is -2.18. The van der Waals surface area contributed by atoms with E-state index in [4.69, 9.17) is 4.74 Å². The molecule has 2 rings (SSSR count). The first-order chi connectivity index (χ1) is 13.1. The summed E-state index contributed by atoms with van der Waals surface area (Å²) in [6.07, 6.45) is 3.19. The van der Waals surface area contributed by atoms with Gasteiger partial charge < -0.3 is 15.4 Å². The van der Waals surface area contributed by atoms with Gasteiger partial charge in [0.25, 0.3) is 0 Å². The summed E-state index contributed by atoms with van der Waals surface area (Å²) in [4.78, 5) is 23.7. The molecule has 0 aromatic heterocycles. The second-order valence-corrected chi connectivity index (χ2v) is 8.39.